The first-order valence-electron chi connectivity index (χ1n) is 7.92. The number of carbonyl (C=O) groups excluding carboxylic acids is 3. The summed E-state index contributed by atoms with van der Waals surface area (Å²) >= 11 is 0. The summed E-state index contributed by atoms with van der Waals surface area (Å²) in [5.74, 6) is -0.405. The molecule has 0 saturated carbocycles. The van der Waals surface area contributed by atoms with Crippen LogP contribution in [0.1, 0.15) is 65.1 Å². The zero-order chi connectivity index (χ0) is 17.4. The molecule has 2 aromatic rings. The zero-order valence-electron chi connectivity index (χ0n) is 13.9. The lowest BCUT2D eigenvalue weighted by Crippen LogP contribution is -2.10. The number of ketones is 2. The number of rotatable bonds is 4. The lowest BCUT2D eigenvalue weighted by molar-refractivity contribution is -0.146. The Balaban J connectivity index is 2.18. The van der Waals surface area contributed by atoms with Gasteiger partial charge in [-0.25, -0.2) is 0 Å². The van der Waals surface area contributed by atoms with Gasteiger partial charge in [-0.1, -0.05) is 31.2 Å². The van der Waals surface area contributed by atoms with Gasteiger partial charge in [-0.2, -0.15) is 0 Å². The van der Waals surface area contributed by atoms with Crippen LogP contribution in [0, 0.1) is 0 Å². The number of hydrogen-bond donors (Lipinski definition) is 0. The summed E-state index contributed by atoms with van der Waals surface area (Å²) in [4.78, 5) is 35.3. The highest BCUT2D eigenvalue weighted by Crippen LogP contribution is 2.46. The van der Waals surface area contributed by atoms with Crippen molar-refractivity contribution in [2.24, 2.45) is 0 Å². The topological polar surface area (TPSA) is 60.4 Å². The largest absolute Gasteiger partial charge is 0.452 e. The molecule has 2 aromatic carbocycles. The summed E-state index contributed by atoms with van der Waals surface area (Å²) in [5, 5.41) is 0. The highest BCUT2D eigenvalue weighted by Gasteiger charge is 2.32. The second-order valence-electron chi connectivity index (χ2n) is 5.94. The van der Waals surface area contributed by atoms with Crippen LogP contribution < -0.4 is 0 Å². The fourth-order valence-electron chi connectivity index (χ4n) is 3.00. The number of carbonyl (C=O) groups is 3. The van der Waals surface area contributed by atoms with E-state index in [1.54, 1.807) is 31.2 Å². The van der Waals surface area contributed by atoms with Gasteiger partial charge in [0.1, 0.15) is 0 Å². The molecule has 0 aromatic heterocycles. The van der Waals surface area contributed by atoms with Crippen LogP contribution in [-0.2, 0) is 9.53 Å². The third-order valence-corrected chi connectivity index (χ3v) is 4.31. The van der Waals surface area contributed by atoms with Crippen molar-refractivity contribution >= 4 is 17.5 Å². The lowest BCUT2D eigenvalue weighted by atomic mass is 10.0. The lowest BCUT2D eigenvalue weighted by Gasteiger charge is -2.15. The van der Waals surface area contributed by atoms with Crippen molar-refractivity contribution in [1.29, 1.82) is 0 Å². The molecular weight excluding hydrogens is 304 g/mol. The van der Waals surface area contributed by atoms with E-state index in [1.807, 2.05) is 12.1 Å². The molecule has 122 valence electrons. The molecule has 0 saturated heterocycles. The molecule has 1 aliphatic rings. The Morgan fingerprint density at radius 1 is 0.875 bits per heavy atom. The van der Waals surface area contributed by atoms with E-state index < -0.39 is 6.10 Å². The van der Waals surface area contributed by atoms with Crippen LogP contribution in [-0.4, -0.2) is 17.5 Å². The Morgan fingerprint density at radius 3 is 1.71 bits per heavy atom. The van der Waals surface area contributed by atoms with E-state index in [2.05, 4.69) is 0 Å². The Kier molecular flexibility index (Phi) is 4.06. The van der Waals surface area contributed by atoms with Gasteiger partial charge < -0.3 is 4.74 Å². The molecule has 4 heteroatoms. The molecule has 0 heterocycles. The van der Waals surface area contributed by atoms with Crippen LogP contribution in [0.2, 0.25) is 0 Å². The molecule has 0 unspecified atom stereocenters. The van der Waals surface area contributed by atoms with E-state index in [9.17, 15) is 14.4 Å². The minimum atomic E-state index is -0.582. The smallest absolute Gasteiger partial charge is 0.306 e. The summed E-state index contributed by atoms with van der Waals surface area (Å²) in [6.07, 6.45) is -0.319. The number of hydrogen-bond acceptors (Lipinski definition) is 4. The molecule has 0 atom stereocenters. The molecule has 0 bridgehead atoms. The van der Waals surface area contributed by atoms with E-state index in [1.165, 1.54) is 13.8 Å². The molecule has 1 aliphatic carbocycles. The molecule has 0 radical (unpaired) electrons. The maximum atomic E-state index is 11.9. The van der Waals surface area contributed by atoms with Gasteiger partial charge in [0, 0.05) is 28.7 Å². The molecule has 24 heavy (non-hydrogen) atoms. The van der Waals surface area contributed by atoms with E-state index in [0.717, 1.165) is 22.3 Å². The molecule has 4 nitrogen and oxygen atoms in total. The van der Waals surface area contributed by atoms with Crippen LogP contribution in [0.25, 0.3) is 11.1 Å². The minimum absolute atomic E-state index is 0.0428. The third kappa shape index (κ3) is 2.64. The van der Waals surface area contributed by atoms with Crippen molar-refractivity contribution in [3.05, 3.63) is 58.7 Å². The molecule has 3 rings (SSSR count). The molecular formula is C20H18O4. The maximum Gasteiger partial charge on any atom is 0.306 e. The Bertz CT molecular complexity index is 800. The summed E-state index contributed by atoms with van der Waals surface area (Å²) in [7, 11) is 0. The Labute approximate surface area is 140 Å². The van der Waals surface area contributed by atoms with Gasteiger partial charge in [-0.3, -0.25) is 14.4 Å². The highest BCUT2D eigenvalue weighted by atomic mass is 16.5. The average molecular weight is 322 g/mol. The van der Waals surface area contributed by atoms with Gasteiger partial charge >= 0.3 is 5.97 Å². The second-order valence-corrected chi connectivity index (χ2v) is 5.94. The third-order valence-electron chi connectivity index (χ3n) is 4.31. The molecule has 0 spiro atoms. The van der Waals surface area contributed by atoms with Crippen molar-refractivity contribution < 1.29 is 19.1 Å². The summed E-state index contributed by atoms with van der Waals surface area (Å²) in [5.41, 5.74) is 4.59. The summed E-state index contributed by atoms with van der Waals surface area (Å²) < 4.78 is 5.62. The first-order valence-corrected chi connectivity index (χ1v) is 7.92. The zero-order valence-corrected chi connectivity index (χ0v) is 13.9. The molecule has 0 aliphatic heterocycles. The normalized spacial score (nSPS) is 12.5. The molecule has 0 N–H and O–H groups in total. The number of Topliss-reactive ketones (excluding diaryl/α,β-unsaturated/α-hetero) is 2. The number of benzene rings is 2. The van der Waals surface area contributed by atoms with E-state index in [4.69, 9.17) is 4.74 Å². The van der Waals surface area contributed by atoms with Crippen molar-refractivity contribution in [1.82, 2.24) is 0 Å². The van der Waals surface area contributed by atoms with Crippen molar-refractivity contribution in [3.8, 4) is 11.1 Å². The second kappa shape index (κ2) is 6.04. The van der Waals surface area contributed by atoms with Gasteiger partial charge in [0.15, 0.2) is 17.7 Å². The fraction of sp³-hybridized carbons (Fsp3) is 0.250. The first kappa shape index (κ1) is 16.1. The first-order chi connectivity index (χ1) is 11.4. The van der Waals surface area contributed by atoms with E-state index in [0.29, 0.717) is 11.1 Å². The molecule has 0 amide bonds. The monoisotopic (exact) mass is 322 g/mol. The van der Waals surface area contributed by atoms with Crippen LogP contribution in [0.3, 0.4) is 0 Å². The van der Waals surface area contributed by atoms with Crippen molar-refractivity contribution in [2.75, 3.05) is 0 Å². The Hall–Kier alpha value is -2.75. The van der Waals surface area contributed by atoms with Gasteiger partial charge in [-0.05, 0) is 37.1 Å². The van der Waals surface area contributed by atoms with Gasteiger partial charge in [0.05, 0.1) is 0 Å². The predicted octanol–water partition coefficient (Wildman–Crippen LogP) is 4.11. The predicted molar refractivity (Wildman–Crippen MR) is 90.1 cm³/mol. The number of ether oxygens (including phenoxy) is 1. The van der Waals surface area contributed by atoms with Crippen LogP contribution in [0.5, 0.6) is 0 Å². The van der Waals surface area contributed by atoms with E-state index >= 15 is 0 Å². The van der Waals surface area contributed by atoms with Gasteiger partial charge in [0.25, 0.3) is 0 Å². The van der Waals surface area contributed by atoms with Crippen LogP contribution >= 0.6 is 0 Å². The van der Waals surface area contributed by atoms with Crippen molar-refractivity contribution in [2.45, 2.75) is 33.3 Å². The number of fused-ring (bicyclic) bond motifs is 3. The standard InChI is InChI=1S/C20H18O4/c1-4-19(23)24-20-17-9-13(11(2)21)5-7-15(17)16-8-6-14(12(3)22)10-18(16)20/h5-10,20H,4H2,1-3H3. The maximum absolute atomic E-state index is 11.9. The summed E-state index contributed by atoms with van der Waals surface area (Å²) in [6, 6.07) is 10.8. The van der Waals surface area contributed by atoms with Gasteiger partial charge in [0.2, 0.25) is 0 Å². The van der Waals surface area contributed by atoms with Crippen molar-refractivity contribution in [3.63, 3.8) is 0 Å². The highest BCUT2D eigenvalue weighted by molar-refractivity contribution is 5.97. The molecule has 0 fully saturated rings. The summed E-state index contributed by atoms with van der Waals surface area (Å²) in [6.45, 7) is 4.74. The van der Waals surface area contributed by atoms with Crippen LogP contribution in [0.15, 0.2) is 36.4 Å². The quantitative estimate of drug-likeness (QED) is 0.627. The van der Waals surface area contributed by atoms with Gasteiger partial charge in [-0.15, -0.1) is 0 Å². The average Bonchev–Trinajstić information content (AvgIpc) is 2.87. The Morgan fingerprint density at radius 2 is 1.33 bits per heavy atom. The SMILES string of the molecule is CCC(=O)OC1c2cc(C(C)=O)ccc2-c2ccc(C(C)=O)cc21. The van der Waals surface area contributed by atoms with E-state index in [-0.39, 0.29) is 24.0 Å². The number of esters is 1. The van der Waals surface area contributed by atoms with Crippen LogP contribution in [0.4, 0.5) is 0 Å². The fourth-order valence-corrected chi connectivity index (χ4v) is 3.00. The minimum Gasteiger partial charge on any atom is -0.452 e.